The largest absolute Gasteiger partial charge is 0.309 e. The van der Waals surface area contributed by atoms with Crippen LogP contribution in [0.1, 0.15) is 78.7 Å². The fraction of sp³-hybridized carbons (Fsp3) is 0.500. The van der Waals surface area contributed by atoms with Gasteiger partial charge in [0.15, 0.2) is 5.16 Å². The molecule has 0 radical (unpaired) electrons. The van der Waals surface area contributed by atoms with Crippen LogP contribution < -0.4 is 11.1 Å². The van der Waals surface area contributed by atoms with Crippen molar-refractivity contribution in [1.82, 2.24) is 19.5 Å². The van der Waals surface area contributed by atoms with Gasteiger partial charge in [0.05, 0.1) is 16.5 Å². The Morgan fingerprint density at radius 2 is 1.85 bits per heavy atom. The maximum atomic E-state index is 13.8. The molecular formula is C24H26N4O2S3. The highest BCUT2D eigenvalue weighted by Crippen LogP contribution is 2.44. The van der Waals surface area contributed by atoms with Crippen molar-refractivity contribution in [2.75, 3.05) is 0 Å². The number of aromatic amines is 1. The Hall–Kier alpha value is -1.97. The van der Waals surface area contributed by atoms with E-state index in [9.17, 15) is 9.59 Å². The van der Waals surface area contributed by atoms with E-state index in [2.05, 4.69) is 10.4 Å². The summed E-state index contributed by atoms with van der Waals surface area (Å²) in [6.45, 7) is 3.99. The van der Waals surface area contributed by atoms with E-state index in [0.717, 1.165) is 56.3 Å². The molecule has 4 aromatic rings. The van der Waals surface area contributed by atoms with E-state index in [4.69, 9.17) is 9.97 Å². The number of hydrogen-bond donors (Lipinski definition) is 1. The summed E-state index contributed by atoms with van der Waals surface area (Å²) in [4.78, 5) is 41.9. The average molecular weight is 499 g/mol. The highest BCUT2D eigenvalue weighted by Gasteiger charge is 2.30. The molecule has 1 N–H and O–H groups in total. The number of fused-ring (bicyclic) bond motifs is 2. The SMILES string of the molecule is Cc1sc2nc(CSc3nc4scc(C5CC5)c4c(=O)n3C3CCCCC3)[nH]c(=O)c2c1C. The van der Waals surface area contributed by atoms with Crippen molar-refractivity contribution >= 4 is 54.9 Å². The van der Waals surface area contributed by atoms with Gasteiger partial charge in [0.2, 0.25) is 0 Å². The maximum absolute atomic E-state index is 13.8. The number of nitrogens with one attached hydrogen (secondary N) is 1. The summed E-state index contributed by atoms with van der Waals surface area (Å²) >= 11 is 4.66. The van der Waals surface area contributed by atoms with Gasteiger partial charge in [-0.15, -0.1) is 22.7 Å². The van der Waals surface area contributed by atoms with Crippen LogP contribution in [0.5, 0.6) is 0 Å². The molecule has 0 bridgehead atoms. The van der Waals surface area contributed by atoms with Gasteiger partial charge in [0, 0.05) is 10.9 Å². The number of aryl methyl sites for hydroxylation is 2. The molecule has 0 spiro atoms. The van der Waals surface area contributed by atoms with Gasteiger partial charge in [0.1, 0.15) is 15.5 Å². The van der Waals surface area contributed by atoms with Gasteiger partial charge >= 0.3 is 0 Å². The maximum Gasteiger partial charge on any atom is 0.263 e. The molecule has 4 heterocycles. The second-order valence-electron chi connectivity index (χ2n) is 9.27. The van der Waals surface area contributed by atoms with Crippen molar-refractivity contribution in [3.05, 3.63) is 47.9 Å². The zero-order valence-corrected chi connectivity index (χ0v) is 21.2. The van der Waals surface area contributed by atoms with E-state index in [1.165, 1.54) is 36.6 Å². The van der Waals surface area contributed by atoms with Crippen LogP contribution in [0.25, 0.3) is 20.4 Å². The number of aromatic nitrogens is 4. The van der Waals surface area contributed by atoms with Gasteiger partial charge in [0.25, 0.3) is 11.1 Å². The Morgan fingerprint density at radius 1 is 1.06 bits per heavy atom. The van der Waals surface area contributed by atoms with Gasteiger partial charge in [-0.2, -0.15) is 0 Å². The molecule has 0 unspecified atom stereocenters. The van der Waals surface area contributed by atoms with Gasteiger partial charge in [-0.05, 0) is 62.0 Å². The fourth-order valence-corrected chi connectivity index (χ4v) is 8.01. The van der Waals surface area contributed by atoms with Crippen LogP contribution in [0.3, 0.4) is 0 Å². The standard InChI is InChI=1S/C24H26N4O2S3/c1-12-13(2)33-22-18(12)20(29)25-17(26-22)11-32-24-27-21-19(16(10-31-21)14-8-9-14)23(30)28(24)15-6-4-3-5-7-15/h10,14-15H,3-9,11H2,1-2H3,(H,25,26,29). The number of thioether (sulfide) groups is 1. The number of thiophene rings is 2. The predicted molar refractivity (Wildman–Crippen MR) is 137 cm³/mol. The smallest absolute Gasteiger partial charge is 0.263 e. The lowest BCUT2D eigenvalue weighted by Gasteiger charge is -2.26. The zero-order valence-electron chi connectivity index (χ0n) is 18.8. The number of H-pyrrole nitrogens is 1. The average Bonchev–Trinajstić information content (AvgIpc) is 3.49. The molecule has 2 aliphatic rings. The van der Waals surface area contributed by atoms with E-state index < -0.39 is 0 Å². The van der Waals surface area contributed by atoms with Gasteiger partial charge in [-0.1, -0.05) is 31.0 Å². The summed E-state index contributed by atoms with van der Waals surface area (Å²) in [6, 6.07) is 0.203. The fourth-order valence-electron chi connectivity index (χ4n) is 4.96. The monoisotopic (exact) mass is 498 g/mol. The highest BCUT2D eigenvalue weighted by atomic mass is 32.2. The van der Waals surface area contributed by atoms with Crippen molar-refractivity contribution in [2.45, 2.75) is 81.7 Å². The summed E-state index contributed by atoms with van der Waals surface area (Å²) in [6.07, 6.45) is 7.95. The lowest BCUT2D eigenvalue weighted by atomic mass is 9.95. The summed E-state index contributed by atoms with van der Waals surface area (Å²) in [5.41, 5.74) is 2.25. The van der Waals surface area contributed by atoms with Crippen LogP contribution in [-0.4, -0.2) is 19.5 Å². The van der Waals surface area contributed by atoms with E-state index in [1.54, 1.807) is 22.7 Å². The zero-order chi connectivity index (χ0) is 22.7. The minimum Gasteiger partial charge on any atom is -0.309 e. The molecule has 4 aromatic heterocycles. The summed E-state index contributed by atoms with van der Waals surface area (Å²) in [5, 5.41) is 4.43. The Bertz CT molecular complexity index is 1490. The van der Waals surface area contributed by atoms with Crippen molar-refractivity contribution < 1.29 is 0 Å². The van der Waals surface area contributed by atoms with Crippen LogP contribution in [0.4, 0.5) is 0 Å². The van der Waals surface area contributed by atoms with Crippen molar-refractivity contribution in [3.8, 4) is 0 Å². The molecule has 0 saturated heterocycles. The number of nitrogens with zero attached hydrogens (tertiary/aromatic N) is 3. The number of rotatable bonds is 5. The third-order valence-electron chi connectivity index (χ3n) is 7.02. The van der Waals surface area contributed by atoms with E-state index >= 15 is 0 Å². The molecular weight excluding hydrogens is 472 g/mol. The van der Waals surface area contributed by atoms with Crippen molar-refractivity contribution in [3.63, 3.8) is 0 Å². The second kappa shape index (κ2) is 8.36. The minimum absolute atomic E-state index is 0.0853. The highest BCUT2D eigenvalue weighted by molar-refractivity contribution is 7.98. The first-order chi connectivity index (χ1) is 16.0. The molecule has 2 fully saturated rings. The quantitative estimate of drug-likeness (QED) is 0.268. The first-order valence-corrected chi connectivity index (χ1v) is 14.3. The molecule has 0 amide bonds. The molecule has 0 aromatic carbocycles. The molecule has 2 saturated carbocycles. The number of hydrogen-bond acceptors (Lipinski definition) is 7. The van der Waals surface area contributed by atoms with E-state index in [0.29, 0.717) is 22.9 Å². The van der Waals surface area contributed by atoms with Crippen LogP contribution >= 0.6 is 34.4 Å². The first-order valence-electron chi connectivity index (χ1n) is 11.7. The topological polar surface area (TPSA) is 80.6 Å². The normalized spacial score (nSPS) is 17.4. The van der Waals surface area contributed by atoms with Crippen LogP contribution in [-0.2, 0) is 5.75 Å². The molecule has 9 heteroatoms. The summed E-state index contributed by atoms with van der Waals surface area (Å²) < 4.78 is 1.97. The van der Waals surface area contributed by atoms with E-state index in [1.807, 2.05) is 18.4 Å². The second-order valence-corrected chi connectivity index (χ2v) is 12.3. The van der Waals surface area contributed by atoms with Crippen LogP contribution in [0.15, 0.2) is 20.1 Å². The Morgan fingerprint density at radius 3 is 2.61 bits per heavy atom. The first kappa shape index (κ1) is 21.6. The van der Waals surface area contributed by atoms with Gasteiger partial charge in [-0.3, -0.25) is 14.2 Å². The van der Waals surface area contributed by atoms with Crippen LogP contribution in [0.2, 0.25) is 0 Å². The lowest BCUT2D eigenvalue weighted by molar-refractivity contribution is 0.326. The van der Waals surface area contributed by atoms with Gasteiger partial charge < -0.3 is 4.98 Å². The van der Waals surface area contributed by atoms with E-state index in [-0.39, 0.29) is 17.2 Å². The molecule has 6 rings (SSSR count). The molecule has 2 aliphatic carbocycles. The van der Waals surface area contributed by atoms with Gasteiger partial charge in [-0.25, -0.2) is 9.97 Å². The molecule has 0 aliphatic heterocycles. The summed E-state index contributed by atoms with van der Waals surface area (Å²) in [7, 11) is 0. The molecule has 172 valence electrons. The molecule has 33 heavy (non-hydrogen) atoms. The van der Waals surface area contributed by atoms with Crippen molar-refractivity contribution in [2.24, 2.45) is 0 Å². The minimum atomic E-state index is -0.0853. The third-order valence-corrected chi connectivity index (χ3v) is 9.97. The lowest BCUT2D eigenvalue weighted by Crippen LogP contribution is -2.29. The predicted octanol–water partition coefficient (Wildman–Crippen LogP) is 6.05. The molecule has 6 nitrogen and oxygen atoms in total. The summed E-state index contributed by atoms with van der Waals surface area (Å²) in [5.74, 6) is 1.64. The van der Waals surface area contributed by atoms with Crippen molar-refractivity contribution in [1.29, 1.82) is 0 Å². The van der Waals surface area contributed by atoms with Crippen LogP contribution in [0, 0.1) is 13.8 Å². The molecule has 0 atom stereocenters. The Labute approximate surface area is 203 Å². The third kappa shape index (κ3) is 3.78. The Balaban J connectivity index is 1.40. The Kier molecular flexibility index (Phi) is 5.46.